The van der Waals surface area contributed by atoms with Crippen molar-refractivity contribution in [2.24, 2.45) is 5.73 Å². The summed E-state index contributed by atoms with van der Waals surface area (Å²) >= 11 is 1.55. The van der Waals surface area contributed by atoms with Crippen LogP contribution in [0, 0.1) is 0 Å². The van der Waals surface area contributed by atoms with Crippen LogP contribution in [0.5, 0.6) is 0 Å². The smallest absolute Gasteiger partial charge is 0.243 e. The predicted molar refractivity (Wildman–Crippen MR) is 86.7 cm³/mol. The van der Waals surface area contributed by atoms with Crippen molar-refractivity contribution in [3.63, 3.8) is 0 Å². The normalized spacial score (nSPS) is 15.1. The SMILES string of the molecule is CC(N)c1ccc(S(=O)(=O)N(C)C(C)c2cccs2)cc1. The Labute approximate surface area is 130 Å². The molecule has 21 heavy (non-hydrogen) atoms. The van der Waals surface area contributed by atoms with E-state index in [4.69, 9.17) is 5.73 Å². The van der Waals surface area contributed by atoms with E-state index in [0.29, 0.717) is 0 Å². The van der Waals surface area contributed by atoms with Crippen LogP contribution in [-0.4, -0.2) is 19.8 Å². The highest BCUT2D eigenvalue weighted by Crippen LogP contribution is 2.28. The summed E-state index contributed by atoms with van der Waals surface area (Å²) in [5, 5.41) is 1.95. The standard InChI is InChI=1S/C15H20N2O2S2/c1-11(16)13-6-8-14(9-7-13)21(18,19)17(3)12(2)15-5-4-10-20-15/h4-12H,16H2,1-3H3. The van der Waals surface area contributed by atoms with Crippen LogP contribution in [0.1, 0.15) is 36.4 Å². The number of benzene rings is 1. The maximum Gasteiger partial charge on any atom is 0.243 e. The van der Waals surface area contributed by atoms with E-state index in [1.807, 2.05) is 31.4 Å². The molecule has 0 aliphatic carbocycles. The lowest BCUT2D eigenvalue weighted by Crippen LogP contribution is -2.29. The summed E-state index contributed by atoms with van der Waals surface area (Å²) in [6, 6.07) is 10.3. The molecule has 1 heterocycles. The van der Waals surface area contributed by atoms with E-state index < -0.39 is 10.0 Å². The van der Waals surface area contributed by atoms with Crippen molar-refractivity contribution < 1.29 is 8.42 Å². The van der Waals surface area contributed by atoms with Gasteiger partial charge in [0.25, 0.3) is 0 Å². The van der Waals surface area contributed by atoms with Crippen LogP contribution in [-0.2, 0) is 10.0 Å². The summed E-state index contributed by atoms with van der Waals surface area (Å²) in [4.78, 5) is 1.31. The average Bonchev–Trinajstić information content (AvgIpc) is 3.00. The van der Waals surface area contributed by atoms with Crippen molar-refractivity contribution in [2.45, 2.75) is 30.8 Å². The molecular formula is C15H20N2O2S2. The van der Waals surface area contributed by atoms with Crippen molar-refractivity contribution in [3.05, 3.63) is 52.2 Å². The van der Waals surface area contributed by atoms with Gasteiger partial charge < -0.3 is 5.73 Å². The van der Waals surface area contributed by atoms with Gasteiger partial charge in [0.2, 0.25) is 10.0 Å². The number of hydrogen-bond acceptors (Lipinski definition) is 4. The molecule has 0 aliphatic heterocycles. The first-order valence-electron chi connectivity index (χ1n) is 6.71. The van der Waals surface area contributed by atoms with Crippen LogP contribution in [0.2, 0.25) is 0 Å². The zero-order chi connectivity index (χ0) is 15.6. The topological polar surface area (TPSA) is 63.4 Å². The van der Waals surface area contributed by atoms with E-state index in [9.17, 15) is 8.42 Å². The second-order valence-corrected chi connectivity index (χ2v) is 8.05. The molecule has 0 saturated carbocycles. The Bertz CT molecular complexity index is 677. The lowest BCUT2D eigenvalue weighted by molar-refractivity contribution is 0.403. The highest BCUT2D eigenvalue weighted by atomic mass is 32.2. The molecule has 1 aromatic carbocycles. The van der Waals surface area contributed by atoms with E-state index in [1.165, 1.54) is 4.31 Å². The predicted octanol–water partition coefficient (Wildman–Crippen LogP) is 3.15. The molecular weight excluding hydrogens is 304 g/mol. The van der Waals surface area contributed by atoms with Crippen LogP contribution in [0.15, 0.2) is 46.7 Å². The minimum Gasteiger partial charge on any atom is -0.324 e. The monoisotopic (exact) mass is 324 g/mol. The largest absolute Gasteiger partial charge is 0.324 e. The van der Waals surface area contributed by atoms with Gasteiger partial charge in [0, 0.05) is 18.0 Å². The van der Waals surface area contributed by atoms with Gasteiger partial charge in [-0.25, -0.2) is 8.42 Å². The summed E-state index contributed by atoms with van der Waals surface area (Å²) < 4.78 is 26.7. The maximum absolute atomic E-state index is 12.6. The second kappa shape index (κ2) is 6.27. The molecule has 0 amide bonds. The zero-order valence-electron chi connectivity index (χ0n) is 12.4. The van der Waals surface area contributed by atoms with Crippen molar-refractivity contribution in [1.82, 2.24) is 4.31 Å². The second-order valence-electron chi connectivity index (χ2n) is 5.07. The average molecular weight is 324 g/mol. The summed E-state index contributed by atoms with van der Waals surface area (Å²) in [5.41, 5.74) is 6.71. The van der Waals surface area contributed by atoms with Gasteiger partial charge in [0.1, 0.15) is 0 Å². The molecule has 0 fully saturated rings. The first-order valence-corrected chi connectivity index (χ1v) is 9.03. The minimum absolute atomic E-state index is 0.107. The van der Waals surface area contributed by atoms with Crippen LogP contribution >= 0.6 is 11.3 Å². The van der Waals surface area contributed by atoms with Gasteiger partial charge in [-0.15, -0.1) is 11.3 Å². The number of nitrogens with zero attached hydrogens (tertiary/aromatic N) is 1. The molecule has 0 spiro atoms. The molecule has 2 atom stereocenters. The fourth-order valence-electron chi connectivity index (χ4n) is 2.03. The van der Waals surface area contributed by atoms with Crippen molar-refractivity contribution in [2.75, 3.05) is 7.05 Å². The Kier molecular flexibility index (Phi) is 4.83. The summed E-state index contributed by atoms with van der Waals surface area (Å²) in [5.74, 6) is 0. The number of rotatable bonds is 5. The van der Waals surface area contributed by atoms with E-state index in [2.05, 4.69) is 0 Å². The molecule has 2 N–H and O–H groups in total. The summed E-state index contributed by atoms with van der Waals surface area (Å²) in [6.07, 6.45) is 0. The zero-order valence-corrected chi connectivity index (χ0v) is 14.0. The van der Waals surface area contributed by atoms with Crippen molar-refractivity contribution >= 4 is 21.4 Å². The Morgan fingerprint density at radius 3 is 2.24 bits per heavy atom. The van der Waals surface area contributed by atoms with Gasteiger partial charge in [-0.3, -0.25) is 0 Å². The maximum atomic E-state index is 12.6. The van der Waals surface area contributed by atoms with Crippen LogP contribution < -0.4 is 5.73 Å². The van der Waals surface area contributed by atoms with Crippen LogP contribution in [0.3, 0.4) is 0 Å². The Morgan fingerprint density at radius 2 is 1.76 bits per heavy atom. The quantitative estimate of drug-likeness (QED) is 0.919. The fraction of sp³-hybridized carbons (Fsp3) is 0.333. The van der Waals surface area contributed by atoms with Gasteiger partial charge in [0.15, 0.2) is 0 Å². The molecule has 0 aliphatic rings. The molecule has 2 rings (SSSR count). The number of nitrogens with two attached hydrogens (primary N) is 1. The highest BCUT2D eigenvalue weighted by Gasteiger charge is 2.26. The van der Waals surface area contributed by atoms with E-state index in [1.54, 1.807) is 42.6 Å². The van der Waals surface area contributed by atoms with Gasteiger partial charge in [-0.05, 0) is 43.0 Å². The summed E-state index contributed by atoms with van der Waals surface area (Å²) in [6.45, 7) is 3.76. The molecule has 4 nitrogen and oxygen atoms in total. The van der Waals surface area contributed by atoms with Gasteiger partial charge in [-0.1, -0.05) is 18.2 Å². The number of hydrogen-bond donors (Lipinski definition) is 1. The number of thiophene rings is 1. The highest BCUT2D eigenvalue weighted by molar-refractivity contribution is 7.89. The van der Waals surface area contributed by atoms with E-state index in [0.717, 1.165) is 10.4 Å². The lowest BCUT2D eigenvalue weighted by atomic mass is 10.1. The fourth-order valence-corrected chi connectivity index (χ4v) is 4.26. The molecule has 0 bridgehead atoms. The third-order valence-electron chi connectivity index (χ3n) is 3.58. The van der Waals surface area contributed by atoms with Crippen molar-refractivity contribution in [1.29, 1.82) is 0 Å². The first kappa shape index (κ1) is 16.2. The third kappa shape index (κ3) is 3.35. The minimum atomic E-state index is -3.51. The Balaban J connectivity index is 2.28. The van der Waals surface area contributed by atoms with Gasteiger partial charge >= 0.3 is 0 Å². The molecule has 2 aromatic rings. The Hall–Kier alpha value is -1.21. The third-order valence-corrected chi connectivity index (χ3v) is 6.57. The molecule has 2 unspecified atom stereocenters. The van der Waals surface area contributed by atoms with E-state index >= 15 is 0 Å². The van der Waals surface area contributed by atoms with Gasteiger partial charge in [-0.2, -0.15) is 4.31 Å². The molecule has 1 aromatic heterocycles. The molecule has 114 valence electrons. The number of sulfonamides is 1. The Morgan fingerprint density at radius 1 is 1.14 bits per heavy atom. The molecule has 0 saturated heterocycles. The molecule has 0 radical (unpaired) electrons. The van der Waals surface area contributed by atoms with E-state index in [-0.39, 0.29) is 17.0 Å². The first-order chi connectivity index (χ1) is 9.84. The lowest BCUT2D eigenvalue weighted by Gasteiger charge is -2.23. The molecule has 6 heteroatoms. The van der Waals surface area contributed by atoms with Crippen LogP contribution in [0.4, 0.5) is 0 Å². The van der Waals surface area contributed by atoms with Crippen molar-refractivity contribution in [3.8, 4) is 0 Å². The van der Waals surface area contributed by atoms with Crippen LogP contribution in [0.25, 0.3) is 0 Å². The summed E-state index contributed by atoms with van der Waals surface area (Å²) in [7, 11) is -1.90. The van der Waals surface area contributed by atoms with Gasteiger partial charge in [0.05, 0.1) is 10.9 Å².